The molecule has 0 amide bonds. The fourth-order valence-electron chi connectivity index (χ4n) is 1.91. The van der Waals surface area contributed by atoms with E-state index < -0.39 is 0 Å². The lowest BCUT2D eigenvalue weighted by atomic mass is 9.80. The van der Waals surface area contributed by atoms with E-state index in [0.29, 0.717) is 5.41 Å². The molecule has 0 aromatic rings. The molecule has 1 aliphatic carbocycles. The van der Waals surface area contributed by atoms with Gasteiger partial charge in [-0.3, -0.25) is 0 Å². The molecule has 0 spiro atoms. The van der Waals surface area contributed by atoms with Crippen molar-refractivity contribution in [3.05, 3.63) is 5.92 Å². The molecule has 1 rings (SSSR count). The Hall–Kier alpha value is 0. The molecule has 0 nitrogen and oxygen atoms in total. The zero-order valence-corrected chi connectivity index (χ0v) is 6.83. The smallest absolute Gasteiger partial charge is 0.0187 e. The second-order valence-corrected chi connectivity index (χ2v) is 3.69. The van der Waals surface area contributed by atoms with Crippen LogP contribution in [0.1, 0.15) is 46.5 Å². The normalized spacial score (nSPS) is 27.0. The molecule has 0 heteroatoms. The van der Waals surface area contributed by atoms with E-state index in [0.717, 1.165) is 0 Å². The molecule has 0 atom stereocenters. The molecule has 0 unspecified atom stereocenters. The van der Waals surface area contributed by atoms with Crippen LogP contribution in [-0.2, 0) is 0 Å². The lowest BCUT2D eigenvalue weighted by molar-refractivity contribution is 0.399. The van der Waals surface area contributed by atoms with Crippen LogP contribution in [0.2, 0.25) is 0 Å². The van der Waals surface area contributed by atoms with E-state index in [1.807, 2.05) is 0 Å². The maximum Gasteiger partial charge on any atom is -0.0187 e. The summed E-state index contributed by atoms with van der Waals surface area (Å²) in [5.41, 5.74) is 0.578. The summed E-state index contributed by atoms with van der Waals surface area (Å²) in [7, 11) is 0. The van der Waals surface area contributed by atoms with Gasteiger partial charge < -0.3 is 0 Å². The van der Waals surface area contributed by atoms with E-state index in [-0.39, 0.29) is 0 Å². The summed E-state index contributed by atoms with van der Waals surface area (Å²) in [6, 6.07) is 0. The molecule has 0 aromatic heterocycles. The Kier molecular flexibility index (Phi) is 1.83. The van der Waals surface area contributed by atoms with Crippen molar-refractivity contribution in [2.75, 3.05) is 0 Å². The Balaban J connectivity index is 2.52. The van der Waals surface area contributed by atoms with E-state index in [1.54, 1.807) is 5.92 Å². The zero-order valence-electron chi connectivity index (χ0n) is 6.83. The van der Waals surface area contributed by atoms with Crippen molar-refractivity contribution < 1.29 is 0 Å². The highest BCUT2D eigenvalue weighted by atomic mass is 14.4. The van der Waals surface area contributed by atoms with Gasteiger partial charge in [-0.1, -0.05) is 27.2 Å². The van der Waals surface area contributed by atoms with Crippen LogP contribution in [0, 0.1) is 11.3 Å². The first-order valence-corrected chi connectivity index (χ1v) is 4.02. The fraction of sp³-hybridized carbons (Fsp3) is 0.889. The summed E-state index contributed by atoms with van der Waals surface area (Å²) in [6.45, 7) is 7.03. The Morgan fingerprint density at radius 2 is 2.11 bits per heavy atom. The van der Waals surface area contributed by atoms with Gasteiger partial charge in [-0.15, -0.1) is 0 Å². The monoisotopic (exact) mass is 125 g/mol. The molecule has 0 saturated heterocycles. The molecule has 0 heterocycles. The van der Waals surface area contributed by atoms with Crippen LogP contribution in [0.4, 0.5) is 0 Å². The maximum atomic E-state index is 2.37. The summed E-state index contributed by atoms with van der Waals surface area (Å²) < 4.78 is 0. The Labute approximate surface area is 58.7 Å². The van der Waals surface area contributed by atoms with Crippen LogP contribution < -0.4 is 0 Å². The van der Waals surface area contributed by atoms with Gasteiger partial charge in [0.2, 0.25) is 0 Å². The molecular formula is C9H17. The van der Waals surface area contributed by atoms with Crippen LogP contribution >= 0.6 is 0 Å². The molecule has 1 radical (unpaired) electrons. The average molecular weight is 125 g/mol. The fourth-order valence-corrected chi connectivity index (χ4v) is 1.91. The molecule has 0 N–H and O–H groups in total. The lowest BCUT2D eigenvalue weighted by Gasteiger charge is -2.24. The van der Waals surface area contributed by atoms with Gasteiger partial charge in [-0.25, -0.2) is 0 Å². The molecular weight excluding hydrogens is 108 g/mol. The summed E-state index contributed by atoms with van der Waals surface area (Å²) >= 11 is 0. The van der Waals surface area contributed by atoms with E-state index in [4.69, 9.17) is 0 Å². The Morgan fingerprint density at radius 3 is 2.33 bits per heavy atom. The van der Waals surface area contributed by atoms with Gasteiger partial charge in [0.1, 0.15) is 0 Å². The van der Waals surface area contributed by atoms with Crippen LogP contribution in [-0.4, -0.2) is 0 Å². The van der Waals surface area contributed by atoms with Gasteiger partial charge in [0.15, 0.2) is 0 Å². The van der Waals surface area contributed by atoms with Crippen LogP contribution in [0.15, 0.2) is 0 Å². The van der Waals surface area contributed by atoms with E-state index in [2.05, 4.69) is 20.8 Å². The van der Waals surface area contributed by atoms with Gasteiger partial charge in [0.05, 0.1) is 0 Å². The predicted molar refractivity (Wildman–Crippen MR) is 41.2 cm³/mol. The molecule has 0 aliphatic heterocycles. The van der Waals surface area contributed by atoms with E-state index in [9.17, 15) is 0 Å². The highest BCUT2D eigenvalue weighted by Crippen LogP contribution is 2.45. The van der Waals surface area contributed by atoms with Gasteiger partial charge in [0, 0.05) is 0 Å². The topological polar surface area (TPSA) is 0 Å². The highest BCUT2D eigenvalue weighted by molar-refractivity contribution is 5.06. The number of hydrogen-bond acceptors (Lipinski definition) is 0. The van der Waals surface area contributed by atoms with Crippen LogP contribution in [0.5, 0.6) is 0 Å². The standard InChI is InChI=1S/C9H17/c1-4-8-6-5-7-9(8,2)3/h4-7H2,1-3H3. The SMILES string of the molecule is CC[C]1CCCC1(C)C. The van der Waals surface area contributed by atoms with Crippen LogP contribution in [0.25, 0.3) is 0 Å². The maximum absolute atomic E-state index is 2.37. The van der Waals surface area contributed by atoms with E-state index >= 15 is 0 Å². The van der Waals surface area contributed by atoms with E-state index in [1.165, 1.54) is 25.7 Å². The third-order valence-corrected chi connectivity index (χ3v) is 2.66. The molecule has 0 aromatic carbocycles. The zero-order chi connectivity index (χ0) is 6.91. The number of rotatable bonds is 1. The van der Waals surface area contributed by atoms with Crippen LogP contribution in [0.3, 0.4) is 0 Å². The molecule has 1 aliphatic rings. The Morgan fingerprint density at radius 1 is 1.44 bits per heavy atom. The van der Waals surface area contributed by atoms with Crippen molar-refractivity contribution in [1.82, 2.24) is 0 Å². The molecule has 53 valence electrons. The summed E-state index contributed by atoms with van der Waals surface area (Å²) in [5, 5.41) is 0. The minimum absolute atomic E-state index is 0.578. The lowest BCUT2D eigenvalue weighted by Crippen LogP contribution is -2.13. The van der Waals surface area contributed by atoms with Crippen molar-refractivity contribution in [3.63, 3.8) is 0 Å². The molecule has 1 fully saturated rings. The van der Waals surface area contributed by atoms with Gasteiger partial charge in [-0.05, 0) is 30.6 Å². The minimum atomic E-state index is 0.578. The minimum Gasteiger partial charge on any atom is -0.0648 e. The highest BCUT2D eigenvalue weighted by Gasteiger charge is 2.32. The first kappa shape index (κ1) is 7.11. The molecule has 9 heavy (non-hydrogen) atoms. The Bertz CT molecular complexity index is 92.2. The molecule has 0 bridgehead atoms. The largest absolute Gasteiger partial charge is 0.0648 e. The first-order chi connectivity index (χ1) is 4.17. The summed E-state index contributed by atoms with van der Waals surface area (Å²) in [4.78, 5) is 0. The van der Waals surface area contributed by atoms with Gasteiger partial charge in [0.25, 0.3) is 0 Å². The summed E-state index contributed by atoms with van der Waals surface area (Å²) in [5.74, 6) is 1.78. The van der Waals surface area contributed by atoms with Crippen molar-refractivity contribution in [2.24, 2.45) is 5.41 Å². The third kappa shape index (κ3) is 1.28. The van der Waals surface area contributed by atoms with Crippen molar-refractivity contribution in [1.29, 1.82) is 0 Å². The quantitative estimate of drug-likeness (QED) is 0.505. The average Bonchev–Trinajstić information content (AvgIpc) is 2.08. The third-order valence-electron chi connectivity index (χ3n) is 2.66. The van der Waals surface area contributed by atoms with Gasteiger partial charge in [-0.2, -0.15) is 0 Å². The van der Waals surface area contributed by atoms with Crippen molar-refractivity contribution in [2.45, 2.75) is 46.5 Å². The summed E-state index contributed by atoms with van der Waals surface area (Å²) in [6.07, 6.45) is 5.53. The number of hydrogen-bond donors (Lipinski definition) is 0. The van der Waals surface area contributed by atoms with Gasteiger partial charge >= 0.3 is 0 Å². The van der Waals surface area contributed by atoms with Crippen molar-refractivity contribution >= 4 is 0 Å². The van der Waals surface area contributed by atoms with Crippen molar-refractivity contribution in [3.8, 4) is 0 Å². The predicted octanol–water partition coefficient (Wildman–Crippen LogP) is 3.18. The second-order valence-electron chi connectivity index (χ2n) is 3.69. The second kappa shape index (κ2) is 2.32. The molecule has 1 saturated carbocycles. The first-order valence-electron chi connectivity index (χ1n) is 4.02.